The van der Waals surface area contributed by atoms with Crippen LogP contribution < -0.4 is 9.47 Å². The molecule has 0 aliphatic rings. The molecule has 0 aromatic heterocycles. The smallest absolute Gasteiger partial charge is 0.127 e. The molecule has 0 unspecified atom stereocenters. The van der Waals surface area contributed by atoms with Gasteiger partial charge in [0.05, 0.1) is 0 Å². The first-order valence-electron chi connectivity index (χ1n) is 9.81. The zero-order valence-electron chi connectivity index (χ0n) is 16.8. The van der Waals surface area contributed by atoms with Gasteiger partial charge in [-0.05, 0) is 79.9 Å². The molecule has 0 amide bonds. The molecule has 0 aliphatic heterocycles. The highest BCUT2D eigenvalue weighted by Gasteiger charge is 2.02. The first kappa shape index (κ1) is 18.8. The highest BCUT2D eigenvalue weighted by Crippen LogP contribution is 2.27. The van der Waals surface area contributed by atoms with Crippen LogP contribution >= 0.6 is 0 Å². The van der Waals surface area contributed by atoms with Crippen LogP contribution in [0.4, 0.5) is 0 Å². The predicted molar refractivity (Wildman–Crippen MR) is 118 cm³/mol. The van der Waals surface area contributed by atoms with Crippen molar-refractivity contribution in [3.63, 3.8) is 0 Å². The van der Waals surface area contributed by atoms with Crippen molar-refractivity contribution in [3.8, 4) is 23.0 Å². The Hall–Kier alpha value is -3.52. The molecule has 0 atom stereocenters. The van der Waals surface area contributed by atoms with Crippen LogP contribution in [-0.2, 0) is 6.42 Å². The molecule has 0 bridgehead atoms. The van der Waals surface area contributed by atoms with Gasteiger partial charge >= 0.3 is 0 Å². The monoisotopic (exact) mass is 380 g/mol. The summed E-state index contributed by atoms with van der Waals surface area (Å²) in [5, 5.41) is 0. The van der Waals surface area contributed by atoms with Gasteiger partial charge < -0.3 is 9.47 Å². The average Bonchev–Trinajstić information content (AvgIpc) is 2.74. The zero-order chi connectivity index (χ0) is 20.1. The Bertz CT molecular complexity index is 957. The maximum absolute atomic E-state index is 5.96. The number of aryl methyl sites for hydroxylation is 2. The average molecular weight is 380 g/mol. The van der Waals surface area contributed by atoms with Gasteiger partial charge in [-0.2, -0.15) is 0 Å². The summed E-state index contributed by atoms with van der Waals surface area (Å²) in [6.45, 7) is 4.17. The fourth-order valence-electron chi connectivity index (χ4n) is 3.07. The molecule has 0 spiro atoms. The van der Waals surface area contributed by atoms with E-state index in [4.69, 9.17) is 9.47 Å². The number of benzene rings is 4. The van der Waals surface area contributed by atoms with Crippen molar-refractivity contribution in [2.45, 2.75) is 20.3 Å². The SMILES string of the molecule is Cc1ccc(Cc2ccc(Oc3ccc(Oc4ccc(C)cc4)cc3)cc2)cc1. The normalized spacial score (nSPS) is 10.6. The minimum Gasteiger partial charge on any atom is -0.457 e. The van der Waals surface area contributed by atoms with E-state index in [0.717, 1.165) is 29.4 Å². The molecule has 144 valence electrons. The van der Waals surface area contributed by atoms with Crippen LogP contribution in [-0.4, -0.2) is 0 Å². The van der Waals surface area contributed by atoms with E-state index in [0.29, 0.717) is 0 Å². The Morgan fingerprint density at radius 2 is 0.690 bits per heavy atom. The summed E-state index contributed by atoms with van der Waals surface area (Å²) in [5.74, 6) is 3.22. The topological polar surface area (TPSA) is 18.5 Å². The lowest BCUT2D eigenvalue weighted by Crippen LogP contribution is -1.90. The second-order valence-electron chi connectivity index (χ2n) is 7.29. The zero-order valence-corrected chi connectivity index (χ0v) is 16.8. The van der Waals surface area contributed by atoms with Crippen molar-refractivity contribution < 1.29 is 9.47 Å². The molecule has 4 aromatic rings. The first-order chi connectivity index (χ1) is 14.1. The minimum absolute atomic E-state index is 0.785. The van der Waals surface area contributed by atoms with E-state index in [1.54, 1.807) is 0 Å². The van der Waals surface area contributed by atoms with E-state index >= 15 is 0 Å². The predicted octanol–water partition coefficient (Wildman–Crippen LogP) is 7.48. The van der Waals surface area contributed by atoms with E-state index in [-0.39, 0.29) is 0 Å². The summed E-state index contributed by atoms with van der Waals surface area (Å²) in [5.41, 5.74) is 5.08. The molecule has 0 aliphatic carbocycles. The fraction of sp³-hybridized carbons (Fsp3) is 0.111. The maximum Gasteiger partial charge on any atom is 0.127 e. The Balaban J connectivity index is 1.36. The third-order valence-electron chi connectivity index (χ3n) is 4.77. The third kappa shape index (κ3) is 5.26. The van der Waals surface area contributed by atoms with Crippen molar-refractivity contribution in [2.75, 3.05) is 0 Å². The van der Waals surface area contributed by atoms with Gasteiger partial charge in [0.2, 0.25) is 0 Å². The third-order valence-corrected chi connectivity index (χ3v) is 4.77. The van der Waals surface area contributed by atoms with Gasteiger partial charge in [-0.3, -0.25) is 0 Å². The van der Waals surface area contributed by atoms with Crippen molar-refractivity contribution in [2.24, 2.45) is 0 Å². The molecule has 2 nitrogen and oxygen atoms in total. The van der Waals surface area contributed by atoms with E-state index in [1.165, 1.54) is 22.3 Å². The first-order valence-corrected chi connectivity index (χ1v) is 9.81. The Morgan fingerprint density at radius 1 is 0.414 bits per heavy atom. The molecule has 4 rings (SSSR count). The summed E-state index contributed by atoms with van der Waals surface area (Å²) in [6.07, 6.45) is 0.922. The highest BCUT2D eigenvalue weighted by molar-refractivity contribution is 5.39. The molecule has 29 heavy (non-hydrogen) atoms. The van der Waals surface area contributed by atoms with Crippen molar-refractivity contribution in [1.29, 1.82) is 0 Å². The molecule has 0 heterocycles. The summed E-state index contributed by atoms with van der Waals surface area (Å²) in [7, 11) is 0. The van der Waals surface area contributed by atoms with Crippen LogP contribution in [0, 0.1) is 13.8 Å². The number of hydrogen-bond acceptors (Lipinski definition) is 2. The van der Waals surface area contributed by atoms with Crippen molar-refractivity contribution in [3.05, 3.63) is 119 Å². The molecule has 4 aromatic carbocycles. The van der Waals surface area contributed by atoms with Crippen LogP contribution in [0.1, 0.15) is 22.3 Å². The largest absolute Gasteiger partial charge is 0.457 e. The van der Waals surface area contributed by atoms with Gasteiger partial charge in [0.15, 0.2) is 0 Å². The van der Waals surface area contributed by atoms with Gasteiger partial charge in [-0.1, -0.05) is 59.7 Å². The summed E-state index contributed by atoms with van der Waals surface area (Å²) < 4.78 is 11.8. The number of hydrogen-bond donors (Lipinski definition) is 0. The van der Waals surface area contributed by atoms with Gasteiger partial charge in [0.25, 0.3) is 0 Å². The molecule has 0 radical (unpaired) electrons. The number of ether oxygens (including phenoxy) is 2. The van der Waals surface area contributed by atoms with Gasteiger partial charge in [0, 0.05) is 0 Å². The van der Waals surface area contributed by atoms with Crippen molar-refractivity contribution >= 4 is 0 Å². The molecule has 0 saturated heterocycles. The highest BCUT2D eigenvalue weighted by atomic mass is 16.5. The van der Waals surface area contributed by atoms with Crippen LogP contribution in [0.3, 0.4) is 0 Å². The van der Waals surface area contributed by atoms with E-state index in [1.807, 2.05) is 60.7 Å². The van der Waals surface area contributed by atoms with Crippen LogP contribution in [0.2, 0.25) is 0 Å². The lowest BCUT2D eigenvalue weighted by molar-refractivity contribution is 0.469. The van der Waals surface area contributed by atoms with Crippen molar-refractivity contribution in [1.82, 2.24) is 0 Å². The van der Waals surface area contributed by atoms with Crippen LogP contribution in [0.15, 0.2) is 97.1 Å². The summed E-state index contributed by atoms with van der Waals surface area (Å²) in [6, 6.07) is 32.6. The Morgan fingerprint density at radius 3 is 1.10 bits per heavy atom. The lowest BCUT2D eigenvalue weighted by atomic mass is 10.0. The standard InChI is InChI=1S/C27H24O2/c1-20-3-7-22(8-4-20)19-23-9-13-25(14-10-23)29-27-17-15-26(16-18-27)28-24-11-5-21(2)6-12-24/h3-18H,19H2,1-2H3. The molecule has 2 heteroatoms. The molecular formula is C27H24O2. The quantitative estimate of drug-likeness (QED) is 0.345. The van der Waals surface area contributed by atoms with Gasteiger partial charge in [-0.15, -0.1) is 0 Å². The fourth-order valence-corrected chi connectivity index (χ4v) is 3.07. The maximum atomic E-state index is 5.96. The number of rotatable bonds is 6. The Labute approximate surface area is 172 Å². The summed E-state index contributed by atoms with van der Waals surface area (Å²) >= 11 is 0. The second-order valence-corrected chi connectivity index (χ2v) is 7.29. The van der Waals surface area contributed by atoms with Gasteiger partial charge in [-0.25, -0.2) is 0 Å². The van der Waals surface area contributed by atoms with E-state index < -0.39 is 0 Å². The molecule has 0 saturated carbocycles. The molecule has 0 N–H and O–H groups in total. The molecule has 0 fully saturated rings. The minimum atomic E-state index is 0.785. The lowest BCUT2D eigenvalue weighted by Gasteiger charge is -2.09. The van der Waals surface area contributed by atoms with Crippen LogP contribution in [0.5, 0.6) is 23.0 Å². The van der Waals surface area contributed by atoms with Crippen LogP contribution in [0.25, 0.3) is 0 Å². The van der Waals surface area contributed by atoms with E-state index in [2.05, 4.69) is 50.2 Å². The second kappa shape index (κ2) is 8.66. The van der Waals surface area contributed by atoms with Gasteiger partial charge in [0.1, 0.15) is 23.0 Å². The molecular weight excluding hydrogens is 356 g/mol. The van der Waals surface area contributed by atoms with E-state index in [9.17, 15) is 0 Å². The Kier molecular flexibility index (Phi) is 5.62. The summed E-state index contributed by atoms with van der Waals surface area (Å²) in [4.78, 5) is 0.